The average molecular weight is 537 g/mol. The SMILES string of the molecule is C=C(c1ccc(C)cc1)c1ccc(C)cc1.C=C(c1ccc(C)cc1)c1ccc(C)cc1.CC.CC.CC.CC. The molecule has 0 aromatic heterocycles. The Balaban J connectivity index is 0. The van der Waals surface area contributed by atoms with Crippen LogP contribution >= 0.6 is 0 Å². The first-order valence-corrected chi connectivity index (χ1v) is 15.0. The number of hydrogen-bond donors (Lipinski definition) is 0. The van der Waals surface area contributed by atoms with Gasteiger partial charge in [-0.15, -0.1) is 0 Å². The summed E-state index contributed by atoms with van der Waals surface area (Å²) < 4.78 is 0. The molecule has 4 rings (SSSR count). The molecule has 0 bridgehead atoms. The molecule has 0 aliphatic heterocycles. The molecule has 0 saturated heterocycles. The molecule has 216 valence electrons. The van der Waals surface area contributed by atoms with Crippen molar-refractivity contribution in [2.75, 3.05) is 0 Å². The van der Waals surface area contributed by atoms with E-state index in [4.69, 9.17) is 0 Å². The number of aryl methyl sites for hydroxylation is 4. The second-order valence-electron chi connectivity index (χ2n) is 8.42. The maximum atomic E-state index is 4.15. The van der Waals surface area contributed by atoms with Crippen LogP contribution in [0.5, 0.6) is 0 Å². The molecule has 0 atom stereocenters. The number of rotatable bonds is 4. The van der Waals surface area contributed by atoms with E-state index in [1.165, 1.54) is 44.5 Å². The van der Waals surface area contributed by atoms with Crippen molar-refractivity contribution < 1.29 is 0 Å². The van der Waals surface area contributed by atoms with Gasteiger partial charge in [-0.1, -0.05) is 188 Å². The molecule has 0 aliphatic rings. The van der Waals surface area contributed by atoms with Crippen LogP contribution in [0.2, 0.25) is 0 Å². The van der Waals surface area contributed by atoms with E-state index < -0.39 is 0 Å². The fraction of sp³-hybridized carbons (Fsp3) is 0.300. The van der Waals surface area contributed by atoms with Crippen molar-refractivity contribution in [3.8, 4) is 0 Å². The van der Waals surface area contributed by atoms with E-state index in [9.17, 15) is 0 Å². The van der Waals surface area contributed by atoms with Gasteiger partial charge in [-0.2, -0.15) is 0 Å². The Hall–Kier alpha value is -3.64. The average Bonchev–Trinajstić information content (AvgIpc) is 3.02. The summed E-state index contributed by atoms with van der Waals surface area (Å²) in [6.45, 7) is 32.7. The maximum Gasteiger partial charge on any atom is -0.0183 e. The van der Waals surface area contributed by atoms with E-state index in [1.54, 1.807) is 0 Å². The molecule has 4 aromatic rings. The Morgan fingerprint density at radius 3 is 0.550 bits per heavy atom. The van der Waals surface area contributed by atoms with Gasteiger partial charge in [0.2, 0.25) is 0 Å². The van der Waals surface area contributed by atoms with Crippen LogP contribution in [0, 0.1) is 27.7 Å². The maximum absolute atomic E-state index is 4.15. The van der Waals surface area contributed by atoms with Gasteiger partial charge in [-0.05, 0) is 61.1 Å². The highest BCUT2D eigenvalue weighted by atomic mass is 14.1. The van der Waals surface area contributed by atoms with Gasteiger partial charge in [0.25, 0.3) is 0 Å². The van der Waals surface area contributed by atoms with Crippen molar-refractivity contribution in [2.24, 2.45) is 0 Å². The van der Waals surface area contributed by atoms with Gasteiger partial charge < -0.3 is 0 Å². The molecule has 0 fully saturated rings. The zero-order valence-electron chi connectivity index (χ0n) is 27.7. The smallest absolute Gasteiger partial charge is 0.0183 e. The first kappa shape index (κ1) is 38.5. The summed E-state index contributed by atoms with van der Waals surface area (Å²) in [6, 6.07) is 33.9. The lowest BCUT2D eigenvalue weighted by atomic mass is 9.98. The summed E-state index contributed by atoms with van der Waals surface area (Å²) in [7, 11) is 0. The van der Waals surface area contributed by atoms with E-state index in [0.717, 1.165) is 11.1 Å². The van der Waals surface area contributed by atoms with Crippen LogP contribution in [0.25, 0.3) is 11.1 Å². The van der Waals surface area contributed by atoms with Crippen LogP contribution in [0.4, 0.5) is 0 Å². The normalized spacial score (nSPS) is 8.70. The van der Waals surface area contributed by atoms with Gasteiger partial charge in [-0.25, -0.2) is 0 Å². The third-order valence-corrected chi connectivity index (χ3v) is 5.60. The summed E-state index contributed by atoms with van der Waals surface area (Å²) in [6.07, 6.45) is 0. The highest BCUT2D eigenvalue weighted by molar-refractivity contribution is 5.78. The predicted octanol–water partition coefficient (Wildman–Crippen LogP) is 12.8. The van der Waals surface area contributed by atoms with Gasteiger partial charge in [0.05, 0.1) is 0 Å². The molecule has 0 aliphatic carbocycles. The Bertz CT molecular complexity index is 977. The Morgan fingerprint density at radius 2 is 0.425 bits per heavy atom. The van der Waals surface area contributed by atoms with Crippen molar-refractivity contribution in [2.45, 2.75) is 83.1 Å². The zero-order chi connectivity index (χ0) is 31.1. The van der Waals surface area contributed by atoms with Crippen LogP contribution in [-0.4, -0.2) is 0 Å². The summed E-state index contributed by atoms with van der Waals surface area (Å²) in [4.78, 5) is 0. The van der Waals surface area contributed by atoms with Crippen molar-refractivity contribution in [3.63, 3.8) is 0 Å². The van der Waals surface area contributed by atoms with Crippen LogP contribution in [0.15, 0.2) is 110 Å². The summed E-state index contributed by atoms with van der Waals surface area (Å²) in [5, 5.41) is 0. The topological polar surface area (TPSA) is 0 Å². The minimum absolute atomic E-state index is 1.08. The van der Waals surface area contributed by atoms with Crippen molar-refractivity contribution >= 4 is 11.1 Å². The van der Waals surface area contributed by atoms with E-state index in [1.807, 2.05) is 55.4 Å². The first-order chi connectivity index (χ1) is 19.3. The van der Waals surface area contributed by atoms with Crippen molar-refractivity contribution in [3.05, 3.63) is 155 Å². The van der Waals surface area contributed by atoms with Gasteiger partial charge in [0.15, 0.2) is 0 Å². The molecule has 0 nitrogen and oxygen atoms in total. The third kappa shape index (κ3) is 13.9. The number of hydrogen-bond acceptors (Lipinski definition) is 0. The molecule has 0 amide bonds. The van der Waals surface area contributed by atoms with Crippen LogP contribution in [0.1, 0.15) is 99.9 Å². The molecular formula is C40H56. The minimum atomic E-state index is 1.08. The van der Waals surface area contributed by atoms with E-state index in [2.05, 4.69) is 138 Å². The molecule has 40 heavy (non-hydrogen) atoms. The fourth-order valence-corrected chi connectivity index (χ4v) is 3.35. The molecular weight excluding hydrogens is 480 g/mol. The van der Waals surface area contributed by atoms with Gasteiger partial charge in [0.1, 0.15) is 0 Å². The lowest BCUT2D eigenvalue weighted by Crippen LogP contribution is -1.86. The van der Waals surface area contributed by atoms with Gasteiger partial charge in [-0.3, -0.25) is 0 Å². The monoisotopic (exact) mass is 536 g/mol. The standard InChI is InChI=1S/2C16H16.4C2H6/c2*1-12-4-8-15(9-5-12)14(3)16-10-6-13(2)7-11-16;4*1-2/h2*4-11H,3H2,1-2H3;4*1-2H3. The lowest BCUT2D eigenvalue weighted by molar-refractivity contribution is 1.43. The molecule has 0 heteroatoms. The van der Waals surface area contributed by atoms with Gasteiger partial charge >= 0.3 is 0 Å². The highest BCUT2D eigenvalue weighted by Gasteiger charge is 2.02. The summed E-state index contributed by atoms with van der Waals surface area (Å²) >= 11 is 0. The molecule has 0 heterocycles. The minimum Gasteiger partial charge on any atom is -0.0906 e. The zero-order valence-corrected chi connectivity index (χ0v) is 27.7. The van der Waals surface area contributed by atoms with Crippen LogP contribution in [-0.2, 0) is 0 Å². The highest BCUT2D eigenvalue weighted by Crippen LogP contribution is 2.23. The molecule has 0 saturated carbocycles. The molecule has 0 N–H and O–H groups in total. The van der Waals surface area contributed by atoms with Crippen LogP contribution < -0.4 is 0 Å². The Labute approximate surface area is 248 Å². The van der Waals surface area contributed by atoms with Gasteiger partial charge in [0, 0.05) is 0 Å². The van der Waals surface area contributed by atoms with E-state index in [-0.39, 0.29) is 0 Å². The quantitative estimate of drug-likeness (QED) is 0.243. The first-order valence-electron chi connectivity index (χ1n) is 15.0. The molecule has 0 radical (unpaired) electrons. The third-order valence-electron chi connectivity index (χ3n) is 5.60. The second kappa shape index (κ2) is 23.3. The summed E-state index contributed by atoms with van der Waals surface area (Å²) in [5.74, 6) is 0. The predicted molar refractivity (Wildman–Crippen MR) is 186 cm³/mol. The van der Waals surface area contributed by atoms with Crippen molar-refractivity contribution in [1.82, 2.24) is 0 Å². The molecule has 4 aromatic carbocycles. The van der Waals surface area contributed by atoms with Crippen molar-refractivity contribution in [1.29, 1.82) is 0 Å². The number of benzene rings is 4. The molecule has 0 spiro atoms. The summed E-state index contributed by atoms with van der Waals surface area (Å²) in [5.41, 5.74) is 12.0. The van der Waals surface area contributed by atoms with Crippen LogP contribution in [0.3, 0.4) is 0 Å². The Morgan fingerprint density at radius 1 is 0.300 bits per heavy atom. The van der Waals surface area contributed by atoms with E-state index >= 15 is 0 Å². The fourth-order valence-electron chi connectivity index (χ4n) is 3.35. The lowest BCUT2D eigenvalue weighted by Gasteiger charge is -2.07. The molecule has 0 unspecified atom stereocenters. The second-order valence-corrected chi connectivity index (χ2v) is 8.42. The largest absolute Gasteiger partial charge is 0.0906 e. The van der Waals surface area contributed by atoms with E-state index in [0.29, 0.717) is 0 Å². The Kier molecular flexibility index (Phi) is 22.4.